The van der Waals surface area contributed by atoms with E-state index in [0.29, 0.717) is 23.6 Å². The molecule has 10 heteroatoms. The summed E-state index contributed by atoms with van der Waals surface area (Å²) in [6, 6.07) is 13.1. The molecule has 36 heavy (non-hydrogen) atoms. The van der Waals surface area contributed by atoms with Crippen molar-refractivity contribution in [1.82, 2.24) is 0 Å². The molecule has 0 amide bonds. The lowest BCUT2D eigenvalue weighted by molar-refractivity contribution is -0.230. The Morgan fingerprint density at radius 2 is 1.69 bits per heavy atom. The fraction of sp³-hybridized carbons (Fsp3) is 0.423. The van der Waals surface area contributed by atoms with Gasteiger partial charge in [-0.2, -0.15) is 0 Å². The maximum atomic E-state index is 12.0. The van der Waals surface area contributed by atoms with Crippen molar-refractivity contribution in [2.45, 2.75) is 57.0 Å². The second kappa shape index (κ2) is 13.0. The zero-order chi connectivity index (χ0) is 26.2. The minimum atomic E-state index is -1.07. The van der Waals surface area contributed by atoms with Crippen LogP contribution in [0.4, 0.5) is 0 Å². The van der Waals surface area contributed by atoms with Gasteiger partial charge in [0.15, 0.2) is 18.3 Å². The van der Waals surface area contributed by atoms with Crippen molar-refractivity contribution in [1.29, 1.82) is 0 Å². The van der Waals surface area contributed by atoms with Gasteiger partial charge in [-0.15, -0.1) is 11.8 Å². The molecule has 0 spiro atoms. The van der Waals surface area contributed by atoms with E-state index in [1.807, 2.05) is 37.3 Å². The predicted molar refractivity (Wildman–Crippen MR) is 135 cm³/mol. The Morgan fingerprint density at radius 1 is 1.03 bits per heavy atom. The number of esters is 2. The van der Waals surface area contributed by atoms with E-state index in [0.717, 1.165) is 16.9 Å². The highest BCUT2D eigenvalue weighted by atomic mass is 35.5. The van der Waals surface area contributed by atoms with Crippen LogP contribution in [0.3, 0.4) is 0 Å². The van der Waals surface area contributed by atoms with Crippen LogP contribution in [0.5, 0.6) is 5.75 Å². The van der Waals surface area contributed by atoms with Crippen LogP contribution in [0.1, 0.15) is 43.6 Å². The van der Waals surface area contributed by atoms with E-state index in [4.69, 9.17) is 35.3 Å². The van der Waals surface area contributed by atoms with Crippen LogP contribution in [-0.2, 0) is 39.8 Å². The first kappa shape index (κ1) is 27.8. The molecule has 0 aliphatic carbocycles. The van der Waals surface area contributed by atoms with Crippen LogP contribution >= 0.6 is 23.4 Å². The standard InChI is InChI=1S/C26H29ClO8S/c1-5-31-20-9-6-17(7-10-20)12-19-13-18(8-11-21(19)27)22-23(33-15(2)29)24(34-16(3)30)25(32-14-28)26(35-22)36-4/h6-11,13-14,22-26H,5,12H2,1-4H3/t22-,23-,24+,25-,26+/m0/s1. The molecule has 0 unspecified atom stereocenters. The predicted octanol–water partition coefficient (Wildman–Crippen LogP) is 4.49. The van der Waals surface area contributed by atoms with Gasteiger partial charge in [0.2, 0.25) is 0 Å². The van der Waals surface area contributed by atoms with E-state index in [9.17, 15) is 14.4 Å². The number of benzene rings is 2. The molecule has 3 rings (SSSR count). The van der Waals surface area contributed by atoms with Crippen LogP contribution in [0.15, 0.2) is 42.5 Å². The lowest BCUT2D eigenvalue weighted by Gasteiger charge is -2.44. The van der Waals surface area contributed by atoms with Crippen LogP contribution in [0.2, 0.25) is 5.02 Å². The molecule has 0 N–H and O–H groups in total. The van der Waals surface area contributed by atoms with E-state index < -0.39 is 41.8 Å². The first-order valence-corrected chi connectivity index (χ1v) is 13.1. The first-order valence-electron chi connectivity index (χ1n) is 11.4. The zero-order valence-corrected chi connectivity index (χ0v) is 22.0. The summed E-state index contributed by atoms with van der Waals surface area (Å²) in [5, 5.41) is 0.563. The van der Waals surface area contributed by atoms with Gasteiger partial charge in [0.1, 0.15) is 17.3 Å². The van der Waals surface area contributed by atoms with Gasteiger partial charge in [0, 0.05) is 18.9 Å². The number of ether oxygens (including phenoxy) is 5. The Labute approximate surface area is 219 Å². The summed E-state index contributed by atoms with van der Waals surface area (Å²) in [5.74, 6) is -0.418. The lowest BCUT2D eigenvalue weighted by Crippen LogP contribution is -2.57. The van der Waals surface area contributed by atoms with E-state index in [1.165, 1.54) is 25.6 Å². The monoisotopic (exact) mass is 536 g/mol. The van der Waals surface area contributed by atoms with E-state index in [2.05, 4.69) is 0 Å². The Hall–Kier alpha value is -2.75. The Balaban J connectivity index is 1.98. The molecule has 2 aromatic rings. The molecule has 5 atom stereocenters. The van der Waals surface area contributed by atoms with E-state index in [-0.39, 0.29) is 6.47 Å². The van der Waals surface area contributed by atoms with Gasteiger partial charge in [0.25, 0.3) is 6.47 Å². The molecule has 1 saturated heterocycles. The average molecular weight is 537 g/mol. The molecule has 0 aromatic heterocycles. The van der Waals surface area contributed by atoms with Crippen LogP contribution in [0, 0.1) is 0 Å². The maximum absolute atomic E-state index is 12.0. The van der Waals surface area contributed by atoms with Gasteiger partial charge in [-0.05, 0) is 54.5 Å². The van der Waals surface area contributed by atoms with Crippen LogP contribution in [0.25, 0.3) is 0 Å². The topological polar surface area (TPSA) is 97.4 Å². The number of halogens is 1. The van der Waals surface area contributed by atoms with Crippen molar-refractivity contribution in [2.24, 2.45) is 0 Å². The number of carbonyl (C=O) groups is 3. The molecule has 0 bridgehead atoms. The number of hydrogen-bond acceptors (Lipinski definition) is 9. The summed E-state index contributed by atoms with van der Waals surface area (Å²) < 4.78 is 28.1. The van der Waals surface area contributed by atoms with Gasteiger partial charge in [-0.25, -0.2) is 0 Å². The highest BCUT2D eigenvalue weighted by Gasteiger charge is 2.51. The Morgan fingerprint density at radius 3 is 2.28 bits per heavy atom. The molecular weight excluding hydrogens is 508 g/mol. The number of hydrogen-bond donors (Lipinski definition) is 0. The molecule has 8 nitrogen and oxygen atoms in total. The molecular formula is C26H29ClO8S. The molecule has 2 aromatic carbocycles. The third-order valence-corrected chi connectivity index (χ3v) is 6.78. The average Bonchev–Trinajstić information content (AvgIpc) is 2.83. The molecule has 1 aliphatic heterocycles. The quantitative estimate of drug-likeness (QED) is 0.247. The second-order valence-corrected chi connectivity index (χ2v) is 9.45. The molecule has 194 valence electrons. The first-order chi connectivity index (χ1) is 17.3. The fourth-order valence-corrected chi connectivity index (χ4v) is 5.02. The third-order valence-electron chi connectivity index (χ3n) is 5.57. The van der Waals surface area contributed by atoms with Crippen molar-refractivity contribution >= 4 is 41.8 Å². The molecule has 0 saturated carbocycles. The van der Waals surface area contributed by atoms with Crippen LogP contribution < -0.4 is 4.74 Å². The molecule has 1 heterocycles. The number of thioether (sulfide) groups is 1. The Kier molecular flexibility index (Phi) is 10.0. The zero-order valence-electron chi connectivity index (χ0n) is 20.5. The van der Waals surface area contributed by atoms with Crippen LogP contribution in [-0.4, -0.2) is 55.0 Å². The fourth-order valence-electron chi connectivity index (χ4n) is 4.12. The maximum Gasteiger partial charge on any atom is 0.303 e. The lowest BCUT2D eigenvalue weighted by atomic mass is 9.92. The van der Waals surface area contributed by atoms with Crippen molar-refractivity contribution in [3.8, 4) is 5.75 Å². The van der Waals surface area contributed by atoms with Gasteiger partial charge in [-0.1, -0.05) is 35.9 Å². The summed E-state index contributed by atoms with van der Waals surface area (Å²) in [4.78, 5) is 35.1. The number of rotatable bonds is 10. The summed E-state index contributed by atoms with van der Waals surface area (Å²) in [7, 11) is 0. The largest absolute Gasteiger partial charge is 0.494 e. The van der Waals surface area contributed by atoms with Crippen molar-refractivity contribution < 1.29 is 38.1 Å². The summed E-state index contributed by atoms with van der Waals surface area (Å²) >= 11 is 7.80. The van der Waals surface area contributed by atoms with Crippen molar-refractivity contribution in [3.63, 3.8) is 0 Å². The van der Waals surface area contributed by atoms with Gasteiger partial charge in [-0.3, -0.25) is 14.4 Å². The van der Waals surface area contributed by atoms with E-state index >= 15 is 0 Å². The molecule has 0 radical (unpaired) electrons. The third kappa shape index (κ3) is 6.93. The SMILES string of the molecule is CCOc1ccc(Cc2cc([C@@H]3O[C@H](SC)[C@@H](OC=O)[C@H](OC(C)=O)[C@H]3OC(C)=O)ccc2Cl)cc1. The normalized spacial score (nSPS) is 23.4. The highest BCUT2D eigenvalue weighted by Crippen LogP contribution is 2.41. The Bertz CT molecular complexity index is 1060. The summed E-state index contributed by atoms with van der Waals surface area (Å²) in [5.41, 5.74) is 1.85. The summed E-state index contributed by atoms with van der Waals surface area (Å²) in [6.45, 7) is 5.25. The van der Waals surface area contributed by atoms with Gasteiger partial charge >= 0.3 is 11.9 Å². The van der Waals surface area contributed by atoms with E-state index in [1.54, 1.807) is 18.4 Å². The van der Waals surface area contributed by atoms with Gasteiger partial charge in [0.05, 0.1) is 6.61 Å². The van der Waals surface area contributed by atoms with Gasteiger partial charge < -0.3 is 23.7 Å². The highest BCUT2D eigenvalue weighted by molar-refractivity contribution is 7.99. The van der Waals surface area contributed by atoms with Crippen molar-refractivity contribution in [2.75, 3.05) is 12.9 Å². The minimum absolute atomic E-state index is 0.260. The molecule has 1 aliphatic rings. The number of carbonyl (C=O) groups excluding carboxylic acids is 3. The molecule has 1 fully saturated rings. The van der Waals surface area contributed by atoms with Crippen molar-refractivity contribution in [3.05, 3.63) is 64.2 Å². The smallest absolute Gasteiger partial charge is 0.303 e. The summed E-state index contributed by atoms with van der Waals surface area (Å²) in [6.07, 6.45) is -1.59. The second-order valence-electron chi connectivity index (χ2n) is 8.11. The minimum Gasteiger partial charge on any atom is -0.494 e.